The van der Waals surface area contributed by atoms with Gasteiger partial charge in [-0.1, -0.05) is 24.3 Å². The molecule has 4 nitrogen and oxygen atoms in total. The van der Waals surface area contributed by atoms with E-state index in [1.54, 1.807) is 18.2 Å². The summed E-state index contributed by atoms with van der Waals surface area (Å²) in [6, 6.07) is 11.5. The highest BCUT2D eigenvalue weighted by molar-refractivity contribution is 5.81. The highest BCUT2D eigenvalue weighted by Gasteiger charge is 2.17. The number of benzene rings is 2. The highest BCUT2D eigenvalue weighted by Crippen LogP contribution is 2.10. The van der Waals surface area contributed by atoms with Gasteiger partial charge in [-0.25, -0.2) is 8.78 Å². The van der Waals surface area contributed by atoms with E-state index < -0.39 is 17.6 Å². The Kier molecular flexibility index (Phi) is 6.01. The monoisotopic (exact) mass is 332 g/mol. The highest BCUT2D eigenvalue weighted by atomic mass is 19.1. The number of hydrogen-bond donors (Lipinski definition) is 2. The molecule has 0 radical (unpaired) electrons. The van der Waals surface area contributed by atoms with Gasteiger partial charge in [-0.05, 0) is 41.8 Å². The molecule has 0 bridgehead atoms. The lowest BCUT2D eigenvalue weighted by Gasteiger charge is -2.14. The second-order valence-electron chi connectivity index (χ2n) is 5.54. The van der Waals surface area contributed by atoms with Gasteiger partial charge in [0.1, 0.15) is 11.6 Å². The molecule has 0 saturated carbocycles. The quantitative estimate of drug-likeness (QED) is 0.814. The first-order chi connectivity index (χ1) is 11.4. The summed E-state index contributed by atoms with van der Waals surface area (Å²) in [7, 11) is 0. The summed E-state index contributed by atoms with van der Waals surface area (Å²) in [5.74, 6) is -2.26. The Labute approximate surface area is 138 Å². The molecule has 2 amide bonds. The molecule has 0 aliphatic carbocycles. The number of rotatable bonds is 7. The Morgan fingerprint density at radius 2 is 1.71 bits per heavy atom. The van der Waals surface area contributed by atoms with Crippen molar-refractivity contribution in [2.24, 2.45) is 11.7 Å². The van der Waals surface area contributed by atoms with E-state index in [0.717, 1.165) is 5.56 Å². The molecule has 2 rings (SSSR count). The van der Waals surface area contributed by atoms with Crippen LogP contribution in [0.2, 0.25) is 0 Å². The molecular weight excluding hydrogens is 314 g/mol. The fourth-order valence-electron chi connectivity index (χ4n) is 2.31. The van der Waals surface area contributed by atoms with Crippen molar-refractivity contribution in [3.05, 3.63) is 71.3 Å². The molecule has 2 aromatic carbocycles. The van der Waals surface area contributed by atoms with Crippen LogP contribution in [0, 0.1) is 17.6 Å². The first-order valence-corrected chi connectivity index (χ1v) is 7.49. The topological polar surface area (TPSA) is 72.2 Å². The molecule has 0 fully saturated rings. The van der Waals surface area contributed by atoms with Crippen LogP contribution in [0.5, 0.6) is 0 Å². The van der Waals surface area contributed by atoms with Crippen molar-refractivity contribution < 1.29 is 18.4 Å². The molecule has 126 valence electrons. The maximum atomic E-state index is 13.1. The zero-order valence-electron chi connectivity index (χ0n) is 13.0. The molecule has 0 spiro atoms. The number of amides is 2. The molecule has 0 saturated heterocycles. The summed E-state index contributed by atoms with van der Waals surface area (Å²) in [4.78, 5) is 23.4. The number of carbonyl (C=O) groups excluding carboxylic acids is 2. The van der Waals surface area contributed by atoms with Gasteiger partial charge in [0, 0.05) is 6.54 Å². The minimum Gasteiger partial charge on any atom is -0.369 e. The average Bonchev–Trinajstić information content (AvgIpc) is 2.53. The van der Waals surface area contributed by atoms with E-state index in [1.807, 2.05) is 0 Å². The van der Waals surface area contributed by atoms with Gasteiger partial charge in [0.25, 0.3) is 0 Å². The third-order valence-electron chi connectivity index (χ3n) is 3.60. The van der Waals surface area contributed by atoms with Crippen LogP contribution in [-0.2, 0) is 22.4 Å². The van der Waals surface area contributed by atoms with Crippen LogP contribution in [0.3, 0.4) is 0 Å². The van der Waals surface area contributed by atoms with Crippen LogP contribution in [0.1, 0.15) is 11.1 Å². The average molecular weight is 332 g/mol. The van der Waals surface area contributed by atoms with Crippen LogP contribution < -0.4 is 11.1 Å². The molecule has 1 unspecified atom stereocenters. The minimum atomic E-state index is -0.605. The number of primary amides is 1. The summed E-state index contributed by atoms with van der Waals surface area (Å²) in [5.41, 5.74) is 6.65. The van der Waals surface area contributed by atoms with Crippen molar-refractivity contribution in [1.82, 2.24) is 5.32 Å². The van der Waals surface area contributed by atoms with Gasteiger partial charge in [-0.15, -0.1) is 0 Å². The summed E-state index contributed by atoms with van der Waals surface area (Å²) in [6.45, 7) is 0.0703. The molecule has 6 heteroatoms. The maximum absolute atomic E-state index is 13.1. The normalized spacial score (nSPS) is 11.8. The summed E-state index contributed by atoms with van der Waals surface area (Å²) in [5, 5.41) is 2.63. The maximum Gasteiger partial charge on any atom is 0.224 e. The zero-order valence-corrected chi connectivity index (χ0v) is 13.0. The second-order valence-corrected chi connectivity index (χ2v) is 5.54. The van der Waals surface area contributed by atoms with Gasteiger partial charge >= 0.3 is 0 Å². The molecule has 0 aliphatic rings. The van der Waals surface area contributed by atoms with E-state index in [4.69, 9.17) is 5.73 Å². The van der Waals surface area contributed by atoms with Gasteiger partial charge in [-0.3, -0.25) is 9.59 Å². The van der Waals surface area contributed by atoms with Crippen LogP contribution in [0.4, 0.5) is 8.78 Å². The van der Waals surface area contributed by atoms with E-state index in [2.05, 4.69) is 5.32 Å². The van der Waals surface area contributed by atoms with Crippen LogP contribution >= 0.6 is 0 Å². The zero-order chi connectivity index (χ0) is 17.5. The Morgan fingerprint density at radius 1 is 1.00 bits per heavy atom. The minimum absolute atomic E-state index is 0.0137. The van der Waals surface area contributed by atoms with Crippen LogP contribution in [0.25, 0.3) is 0 Å². The van der Waals surface area contributed by atoms with Crippen molar-refractivity contribution >= 4 is 11.8 Å². The predicted octanol–water partition coefficient (Wildman–Crippen LogP) is 1.97. The molecule has 0 aliphatic heterocycles. The van der Waals surface area contributed by atoms with Gasteiger partial charge in [0.05, 0.1) is 12.3 Å². The number of nitrogens with two attached hydrogens (primary N) is 1. The van der Waals surface area contributed by atoms with E-state index in [-0.39, 0.29) is 24.7 Å². The van der Waals surface area contributed by atoms with E-state index in [9.17, 15) is 18.4 Å². The number of hydrogen-bond acceptors (Lipinski definition) is 2. The third-order valence-corrected chi connectivity index (χ3v) is 3.60. The van der Waals surface area contributed by atoms with E-state index in [1.165, 1.54) is 30.3 Å². The van der Waals surface area contributed by atoms with E-state index >= 15 is 0 Å². The fraction of sp³-hybridized carbons (Fsp3) is 0.222. The third kappa shape index (κ3) is 5.46. The van der Waals surface area contributed by atoms with Gasteiger partial charge in [-0.2, -0.15) is 0 Å². The van der Waals surface area contributed by atoms with Crippen LogP contribution in [0.15, 0.2) is 48.5 Å². The SMILES string of the molecule is NC(=O)C(CNC(=O)Cc1cccc(F)c1)Cc1ccc(F)cc1. The van der Waals surface area contributed by atoms with E-state index in [0.29, 0.717) is 12.0 Å². The standard InChI is InChI=1S/C18H18F2N2O2/c19-15-6-4-12(5-7-15)8-14(18(21)24)11-22-17(23)10-13-2-1-3-16(20)9-13/h1-7,9,14H,8,10-11H2,(H2,21,24)(H,22,23). The molecule has 0 heterocycles. The lowest BCUT2D eigenvalue weighted by molar-refractivity contribution is -0.123. The summed E-state index contributed by atoms with van der Waals surface area (Å²) in [6.07, 6.45) is 0.315. The number of nitrogens with one attached hydrogen (secondary N) is 1. The fourth-order valence-corrected chi connectivity index (χ4v) is 2.31. The van der Waals surface area contributed by atoms with Crippen molar-refractivity contribution in [2.75, 3.05) is 6.54 Å². The van der Waals surface area contributed by atoms with Gasteiger partial charge < -0.3 is 11.1 Å². The van der Waals surface area contributed by atoms with Gasteiger partial charge in [0.15, 0.2) is 0 Å². The Bertz CT molecular complexity index is 717. The largest absolute Gasteiger partial charge is 0.369 e. The Hall–Kier alpha value is -2.76. The first-order valence-electron chi connectivity index (χ1n) is 7.49. The second kappa shape index (κ2) is 8.19. The Balaban J connectivity index is 1.90. The smallest absolute Gasteiger partial charge is 0.224 e. The van der Waals surface area contributed by atoms with Gasteiger partial charge in [0.2, 0.25) is 11.8 Å². The van der Waals surface area contributed by atoms with Crippen molar-refractivity contribution in [1.29, 1.82) is 0 Å². The Morgan fingerprint density at radius 3 is 2.33 bits per heavy atom. The molecule has 3 N–H and O–H groups in total. The lowest BCUT2D eigenvalue weighted by Crippen LogP contribution is -2.37. The number of halogens is 2. The molecular formula is C18H18F2N2O2. The van der Waals surface area contributed by atoms with Crippen molar-refractivity contribution in [3.8, 4) is 0 Å². The summed E-state index contributed by atoms with van der Waals surface area (Å²) < 4.78 is 26.0. The van der Waals surface area contributed by atoms with Crippen molar-refractivity contribution in [2.45, 2.75) is 12.8 Å². The summed E-state index contributed by atoms with van der Waals surface area (Å²) >= 11 is 0. The molecule has 1 atom stereocenters. The van der Waals surface area contributed by atoms with Crippen molar-refractivity contribution in [3.63, 3.8) is 0 Å². The lowest BCUT2D eigenvalue weighted by atomic mass is 9.98. The first kappa shape index (κ1) is 17.6. The molecule has 2 aromatic rings. The number of carbonyl (C=O) groups is 2. The molecule has 0 aromatic heterocycles. The molecule has 24 heavy (non-hydrogen) atoms. The van der Waals surface area contributed by atoms with Crippen LogP contribution in [-0.4, -0.2) is 18.4 Å². The predicted molar refractivity (Wildman–Crippen MR) is 85.9 cm³/mol.